The lowest BCUT2D eigenvalue weighted by molar-refractivity contribution is -0.0569. The molecule has 0 aliphatic carbocycles. The van der Waals surface area contributed by atoms with E-state index in [0.29, 0.717) is 12.5 Å². The Morgan fingerprint density at radius 2 is 1.79 bits per heavy atom. The van der Waals surface area contributed by atoms with Gasteiger partial charge in [-0.15, -0.1) is 0 Å². The zero-order valence-electron chi connectivity index (χ0n) is 17.1. The molecule has 5 nitrogen and oxygen atoms in total. The van der Waals surface area contributed by atoms with Crippen molar-refractivity contribution >= 4 is 5.69 Å². The van der Waals surface area contributed by atoms with Crippen molar-refractivity contribution < 1.29 is 18.6 Å². The van der Waals surface area contributed by atoms with E-state index in [9.17, 15) is 4.39 Å². The number of halogens is 1. The van der Waals surface area contributed by atoms with E-state index < -0.39 is 0 Å². The number of hydrogen-bond acceptors (Lipinski definition) is 5. The average molecular weight is 400 g/mol. The first-order chi connectivity index (χ1) is 14.1. The van der Waals surface area contributed by atoms with Crippen LogP contribution in [0.4, 0.5) is 10.1 Å². The summed E-state index contributed by atoms with van der Waals surface area (Å²) < 4.78 is 30.8. The largest absolute Gasteiger partial charge is 0.493 e. The van der Waals surface area contributed by atoms with Crippen LogP contribution < -0.4 is 20.1 Å². The fourth-order valence-corrected chi connectivity index (χ4v) is 4.69. The molecule has 29 heavy (non-hydrogen) atoms. The third kappa shape index (κ3) is 3.91. The predicted molar refractivity (Wildman–Crippen MR) is 111 cm³/mol. The van der Waals surface area contributed by atoms with E-state index in [2.05, 4.69) is 4.90 Å². The molecular formula is C23H29FN2O3. The van der Waals surface area contributed by atoms with Gasteiger partial charge in [0.15, 0.2) is 11.5 Å². The van der Waals surface area contributed by atoms with Gasteiger partial charge in [-0.1, -0.05) is 6.07 Å². The summed E-state index contributed by atoms with van der Waals surface area (Å²) in [7, 11) is 3.34. The van der Waals surface area contributed by atoms with Crippen LogP contribution in [0, 0.1) is 11.7 Å². The van der Waals surface area contributed by atoms with Crippen molar-refractivity contribution in [2.24, 2.45) is 11.7 Å². The van der Waals surface area contributed by atoms with Gasteiger partial charge in [-0.2, -0.15) is 0 Å². The summed E-state index contributed by atoms with van der Waals surface area (Å²) >= 11 is 0. The fraction of sp³-hybridized carbons (Fsp3) is 0.478. The lowest BCUT2D eigenvalue weighted by Crippen LogP contribution is -2.42. The highest BCUT2D eigenvalue weighted by molar-refractivity contribution is 5.53. The van der Waals surface area contributed by atoms with E-state index in [4.69, 9.17) is 19.9 Å². The number of nitrogens with two attached hydrogens (primary N) is 1. The van der Waals surface area contributed by atoms with Crippen LogP contribution in [0.15, 0.2) is 36.4 Å². The van der Waals surface area contributed by atoms with Gasteiger partial charge in [0.2, 0.25) is 0 Å². The van der Waals surface area contributed by atoms with Crippen LogP contribution in [-0.4, -0.2) is 40.0 Å². The number of methoxy groups -OCH3 is 2. The molecule has 2 N–H and O–H groups in total. The minimum Gasteiger partial charge on any atom is -0.493 e. The molecule has 2 aliphatic heterocycles. The lowest BCUT2D eigenvalue weighted by atomic mass is 9.83. The maximum atomic E-state index is 13.2. The van der Waals surface area contributed by atoms with E-state index in [1.165, 1.54) is 12.1 Å². The van der Waals surface area contributed by atoms with Gasteiger partial charge in [0.05, 0.1) is 26.4 Å². The minimum atomic E-state index is -0.199. The Morgan fingerprint density at radius 1 is 1.07 bits per heavy atom. The highest BCUT2D eigenvalue weighted by Crippen LogP contribution is 2.43. The number of benzene rings is 2. The molecule has 0 aromatic heterocycles. The van der Waals surface area contributed by atoms with Crippen LogP contribution in [0.2, 0.25) is 0 Å². The molecule has 0 saturated carbocycles. The van der Waals surface area contributed by atoms with E-state index in [-0.39, 0.29) is 18.0 Å². The molecule has 2 aliphatic rings. The maximum absolute atomic E-state index is 13.2. The highest BCUT2D eigenvalue weighted by atomic mass is 19.1. The Hall–Kier alpha value is -2.31. The normalized spacial score (nSPS) is 22.3. The molecule has 0 spiro atoms. The summed E-state index contributed by atoms with van der Waals surface area (Å²) in [4.78, 5) is 2.32. The first-order valence-corrected chi connectivity index (χ1v) is 10.2. The van der Waals surface area contributed by atoms with Gasteiger partial charge < -0.3 is 24.8 Å². The number of anilines is 1. The van der Waals surface area contributed by atoms with Crippen molar-refractivity contribution in [1.29, 1.82) is 0 Å². The van der Waals surface area contributed by atoms with Gasteiger partial charge in [-0.05, 0) is 54.7 Å². The van der Waals surface area contributed by atoms with Gasteiger partial charge in [0.1, 0.15) is 5.82 Å². The van der Waals surface area contributed by atoms with E-state index >= 15 is 0 Å². The van der Waals surface area contributed by atoms with E-state index in [1.807, 2.05) is 24.3 Å². The van der Waals surface area contributed by atoms with Gasteiger partial charge in [-0.3, -0.25) is 0 Å². The molecule has 2 unspecified atom stereocenters. The smallest absolute Gasteiger partial charge is 0.164 e. The van der Waals surface area contributed by atoms with Crippen molar-refractivity contribution in [1.82, 2.24) is 0 Å². The van der Waals surface area contributed by atoms with Gasteiger partial charge >= 0.3 is 0 Å². The Morgan fingerprint density at radius 3 is 2.41 bits per heavy atom. The van der Waals surface area contributed by atoms with Crippen molar-refractivity contribution in [3.8, 4) is 11.5 Å². The number of ether oxygens (including phenoxy) is 3. The second-order valence-electron chi connectivity index (χ2n) is 7.77. The molecule has 0 amide bonds. The molecule has 1 saturated heterocycles. The number of piperidine rings is 1. The van der Waals surface area contributed by atoms with Crippen LogP contribution in [0.1, 0.15) is 30.1 Å². The number of rotatable bonds is 5. The third-order valence-electron chi connectivity index (χ3n) is 6.25. The molecule has 1 fully saturated rings. The van der Waals surface area contributed by atoms with Crippen LogP contribution in [0.5, 0.6) is 11.5 Å². The van der Waals surface area contributed by atoms with Crippen LogP contribution in [0.3, 0.4) is 0 Å². The molecule has 2 aromatic rings. The number of hydrogen-bond donors (Lipinski definition) is 1. The molecule has 4 rings (SSSR count). The Kier molecular flexibility index (Phi) is 5.92. The van der Waals surface area contributed by atoms with Crippen molar-refractivity contribution in [3.63, 3.8) is 0 Å². The van der Waals surface area contributed by atoms with Crippen LogP contribution >= 0.6 is 0 Å². The van der Waals surface area contributed by atoms with Gasteiger partial charge in [-0.25, -0.2) is 4.39 Å². The highest BCUT2D eigenvalue weighted by Gasteiger charge is 2.36. The minimum absolute atomic E-state index is 0.104. The number of nitrogens with zero attached hydrogens (tertiary/aromatic N) is 1. The van der Waals surface area contributed by atoms with Crippen molar-refractivity contribution in [3.05, 3.63) is 53.3 Å². The first-order valence-electron chi connectivity index (χ1n) is 10.2. The molecule has 156 valence electrons. The molecule has 0 bridgehead atoms. The predicted octanol–water partition coefficient (Wildman–Crippen LogP) is 3.70. The summed E-state index contributed by atoms with van der Waals surface area (Å²) in [6.45, 7) is 2.31. The first kappa shape index (κ1) is 20.0. The monoisotopic (exact) mass is 400 g/mol. The van der Waals surface area contributed by atoms with Gasteiger partial charge in [0, 0.05) is 37.3 Å². The van der Waals surface area contributed by atoms with Crippen LogP contribution in [0.25, 0.3) is 0 Å². The summed E-state index contributed by atoms with van der Waals surface area (Å²) in [6.07, 6.45) is 2.83. The Bertz CT molecular complexity index is 835. The second-order valence-corrected chi connectivity index (χ2v) is 7.77. The summed E-state index contributed by atoms with van der Waals surface area (Å²) in [6, 6.07) is 10.7. The Balaban J connectivity index is 1.50. The third-order valence-corrected chi connectivity index (χ3v) is 6.25. The quantitative estimate of drug-likeness (QED) is 0.829. The molecule has 2 heterocycles. The molecule has 0 radical (unpaired) electrons. The van der Waals surface area contributed by atoms with E-state index in [0.717, 1.165) is 60.7 Å². The Labute approximate surface area is 171 Å². The SMILES string of the molecule is COc1ccc2c(c1OC)CC(C1CCN(c3ccc(F)cc3)CC1)OC2CN. The average Bonchev–Trinajstić information content (AvgIpc) is 2.78. The van der Waals surface area contributed by atoms with Crippen molar-refractivity contribution in [2.75, 3.05) is 38.8 Å². The summed E-state index contributed by atoms with van der Waals surface area (Å²) in [5.41, 5.74) is 9.38. The maximum Gasteiger partial charge on any atom is 0.164 e. The molecule has 6 heteroatoms. The topological polar surface area (TPSA) is 57.0 Å². The van der Waals surface area contributed by atoms with E-state index in [1.54, 1.807) is 14.2 Å². The fourth-order valence-electron chi connectivity index (χ4n) is 4.69. The second kappa shape index (κ2) is 8.59. The standard InChI is InChI=1S/C23H29FN2O3/c1-27-20-8-7-18-19(23(20)28-2)13-21(29-22(18)14-25)15-9-11-26(12-10-15)17-5-3-16(24)4-6-17/h3-8,15,21-22H,9-14,25H2,1-2H3. The zero-order chi connectivity index (χ0) is 20.4. The van der Waals surface area contributed by atoms with Crippen molar-refractivity contribution in [2.45, 2.75) is 31.5 Å². The van der Waals surface area contributed by atoms with Gasteiger partial charge in [0.25, 0.3) is 0 Å². The molecule has 2 aromatic carbocycles. The lowest BCUT2D eigenvalue weighted by Gasteiger charge is -2.41. The molecule has 2 atom stereocenters. The summed E-state index contributed by atoms with van der Waals surface area (Å²) in [5, 5.41) is 0. The van der Waals surface area contributed by atoms with Crippen LogP contribution in [-0.2, 0) is 11.2 Å². The molecular weight excluding hydrogens is 371 g/mol. The zero-order valence-corrected chi connectivity index (χ0v) is 17.1. The number of fused-ring (bicyclic) bond motifs is 1. The summed E-state index contributed by atoms with van der Waals surface area (Å²) in [5.74, 6) is 1.79.